The number of halogens is 2. The van der Waals surface area contributed by atoms with Gasteiger partial charge in [0.25, 0.3) is 5.91 Å². The first kappa shape index (κ1) is 25.8. The van der Waals surface area contributed by atoms with Crippen molar-refractivity contribution in [3.63, 3.8) is 0 Å². The maximum Gasteiger partial charge on any atom is 0.335 e. The molecule has 1 amide bonds. The third-order valence-corrected chi connectivity index (χ3v) is 6.80. The molecule has 202 valence electrons. The monoisotopic (exact) mass is 548 g/mol. The van der Waals surface area contributed by atoms with E-state index < -0.39 is 23.5 Å². The highest BCUT2D eigenvalue weighted by atomic mass is 19.1. The van der Waals surface area contributed by atoms with Gasteiger partial charge in [-0.2, -0.15) is 5.10 Å². The molecule has 4 aromatic carbocycles. The molecule has 0 spiro atoms. The lowest BCUT2D eigenvalue weighted by Crippen LogP contribution is -2.24. The summed E-state index contributed by atoms with van der Waals surface area (Å²) in [5.74, 6) is -2.92. The quantitative estimate of drug-likeness (QED) is 0.247. The minimum atomic E-state index is -1.04. The molecule has 0 saturated heterocycles. The maximum atomic E-state index is 14.1. The minimum absolute atomic E-state index is 0.138. The van der Waals surface area contributed by atoms with Gasteiger partial charge in [-0.1, -0.05) is 36.4 Å². The molecule has 0 aliphatic heterocycles. The Labute approximate surface area is 232 Å². The van der Waals surface area contributed by atoms with Crippen molar-refractivity contribution in [2.75, 3.05) is 0 Å². The zero-order valence-corrected chi connectivity index (χ0v) is 21.5. The zero-order valence-electron chi connectivity index (χ0n) is 21.5. The molecule has 0 bridgehead atoms. The molecule has 0 aliphatic rings. The second kappa shape index (κ2) is 10.6. The molecule has 2 heterocycles. The van der Waals surface area contributed by atoms with E-state index in [1.54, 1.807) is 35.1 Å². The first-order chi connectivity index (χ1) is 19.8. The van der Waals surface area contributed by atoms with Crippen LogP contribution in [0.5, 0.6) is 0 Å². The number of amides is 1. The number of aromatic carboxylic acids is 1. The molecule has 0 saturated carbocycles. The van der Waals surface area contributed by atoms with Gasteiger partial charge in [0.15, 0.2) is 0 Å². The molecule has 41 heavy (non-hydrogen) atoms. The number of nitrogens with zero attached hydrogens (tertiary/aromatic N) is 3. The maximum absolute atomic E-state index is 14.1. The number of fused-ring (bicyclic) bond motifs is 2. The topological polar surface area (TPSA) is 97.1 Å². The van der Waals surface area contributed by atoms with Gasteiger partial charge < -0.3 is 10.4 Å². The molecule has 0 atom stereocenters. The van der Waals surface area contributed by atoms with Crippen LogP contribution < -0.4 is 5.32 Å². The van der Waals surface area contributed by atoms with Gasteiger partial charge in [-0.05, 0) is 65.2 Å². The summed E-state index contributed by atoms with van der Waals surface area (Å²) in [7, 11) is 0. The number of hydrogen-bond donors (Lipinski definition) is 2. The van der Waals surface area contributed by atoms with Crippen molar-refractivity contribution >= 4 is 33.7 Å². The number of carboxylic acids is 1. The van der Waals surface area contributed by atoms with Crippen LogP contribution >= 0.6 is 0 Å². The van der Waals surface area contributed by atoms with Crippen LogP contribution in [0.3, 0.4) is 0 Å². The van der Waals surface area contributed by atoms with Crippen molar-refractivity contribution in [2.45, 2.75) is 13.1 Å². The van der Waals surface area contributed by atoms with Gasteiger partial charge in [0.1, 0.15) is 11.6 Å². The van der Waals surface area contributed by atoms with E-state index in [9.17, 15) is 18.4 Å². The van der Waals surface area contributed by atoms with E-state index >= 15 is 0 Å². The fourth-order valence-corrected chi connectivity index (χ4v) is 4.81. The van der Waals surface area contributed by atoms with Gasteiger partial charge in [0, 0.05) is 23.4 Å². The number of carbonyl (C=O) groups excluding carboxylic acids is 1. The van der Waals surface area contributed by atoms with Crippen LogP contribution in [-0.4, -0.2) is 31.7 Å². The summed E-state index contributed by atoms with van der Waals surface area (Å²) in [6.07, 6.45) is 1.61. The normalized spacial score (nSPS) is 11.2. The molecular weight excluding hydrogens is 526 g/mol. The van der Waals surface area contributed by atoms with Crippen LogP contribution in [-0.2, 0) is 13.1 Å². The Morgan fingerprint density at radius 1 is 0.829 bits per heavy atom. The van der Waals surface area contributed by atoms with Crippen LogP contribution in [0.15, 0.2) is 97.2 Å². The van der Waals surface area contributed by atoms with E-state index in [4.69, 9.17) is 10.1 Å². The fraction of sp³-hybridized carbons (Fsp3) is 0.0625. The number of carbonyl (C=O) groups is 2. The van der Waals surface area contributed by atoms with Gasteiger partial charge in [0.2, 0.25) is 0 Å². The number of hydrogen-bond acceptors (Lipinski definition) is 4. The molecule has 2 N–H and O–H groups in total. The molecule has 2 aromatic heterocycles. The Kier molecular flexibility index (Phi) is 6.68. The molecule has 9 heteroatoms. The number of rotatable bonds is 7. The summed E-state index contributed by atoms with van der Waals surface area (Å²) in [6.45, 7) is 0.429. The largest absolute Gasteiger partial charge is 0.478 e. The Hall–Kier alpha value is -5.44. The summed E-state index contributed by atoms with van der Waals surface area (Å²) >= 11 is 0. The smallest absolute Gasteiger partial charge is 0.335 e. The number of nitrogens with one attached hydrogen (secondary N) is 1. The lowest BCUT2D eigenvalue weighted by atomic mass is 9.99. The highest BCUT2D eigenvalue weighted by molar-refractivity contribution is 6.07. The number of para-hydroxylation sites is 1. The lowest BCUT2D eigenvalue weighted by Gasteiger charge is -2.12. The van der Waals surface area contributed by atoms with E-state index in [1.165, 1.54) is 24.3 Å². The van der Waals surface area contributed by atoms with Crippen molar-refractivity contribution in [3.05, 3.63) is 131 Å². The number of carboxylic acid groups (broad SMARTS) is 1. The second-order valence-electron chi connectivity index (χ2n) is 9.60. The Balaban J connectivity index is 1.39. The van der Waals surface area contributed by atoms with Crippen molar-refractivity contribution in [1.82, 2.24) is 20.1 Å². The molecule has 0 radical (unpaired) electrons. The van der Waals surface area contributed by atoms with E-state index in [0.717, 1.165) is 22.7 Å². The highest BCUT2D eigenvalue weighted by Gasteiger charge is 2.18. The number of aromatic nitrogens is 3. The molecule has 0 aliphatic carbocycles. The van der Waals surface area contributed by atoms with Crippen LogP contribution in [0, 0.1) is 11.6 Å². The molecule has 6 rings (SSSR count). The number of pyridine rings is 1. The fourth-order valence-electron chi connectivity index (χ4n) is 4.81. The van der Waals surface area contributed by atoms with Crippen molar-refractivity contribution in [1.29, 1.82) is 0 Å². The van der Waals surface area contributed by atoms with Gasteiger partial charge in [0.05, 0.1) is 40.6 Å². The first-order valence-electron chi connectivity index (χ1n) is 12.8. The van der Waals surface area contributed by atoms with Gasteiger partial charge in [-0.3, -0.25) is 14.5 Å². The SMILES string of the molecule is O=C(O)c1ccc(CNC(=O)c2cc(-c3cc(F)cc(F)c3)cc3cnn(Cc4ccc5ccccc5n4)c23)cc1. The summed E-state index contributed by atoms with van der Waals surface area (Å²) < 4.78 is 29.8. The van der Waals surface area contributed by atoms with Gasteiger partial charge >= 0.3 is 5.97 Å². The molecule has 0 unspecified atom stereocenters. The predicted octanol–water partition coefficient (Wildman–Crippen LogP) is 6.21. The lowest BCUT2D eigenvalue weighted by molar-refractivity contribution is 0.0696. The Morgan fingerprint density at radius 2 is 1.56 bits per heavy atom. The second-order valence-corrected chi connectivity index (χ2v) is 9.60. The van der Waals surface area contributed by atoms with Crippen LogP contribution in [0.25, 0.3) is 32.9 Å². The molecular formula is C32H22F2N4O3. The van der Waals surface area contributed by atoms with Crippen LogP contribution in [0.4, 0.5) is 8.78 Å². The highest BCUT2D eigenvalue weighted by Crippen LogP contribution is 2.30. The molecule has 0 fully saturated rings. The van der Waals surface area contributed by atoms with Crippen LogP contribution in [0.2, 0.25) is 0 Å². The zero-order chi connectivity index (χ0) is 28.5. The standard InChI is InChI=1S/C32H22F2N4O3/c33-25-12-23(13-26(34)15-25)22-11-24-17-36-38(18-27-10-9-20-3-1-2-4-29(20)37-27)30(24)28(14-22)31(39)35-16-19-5-7-21(8-6-19)32(40)41/h1-15,17H,16,18H2,(H,35,39)(H,40,41). The van der Waals surface area contributed by atoms with E-state index in [-0.39, 0.29) is 23.2 Å². The van der Waals surface area contributed by atoms with E-state index in [0.29, 0.717) is 28.6 Å². The molecule has 6 aromatic rings. The van der Waals surface area contributed by atoms with Crippen LogP contribution in [0.1, 0.15) is 32.0 Å². The van der Waals surface area contributed by atoms with Gasteiger partial charge in [-0.15, -0.1) is 0 Å². The summed E-state index contributed by atoms with van der Waals surface area (Å²) in [6, 6.07) is 24.3. The third-order valence-electron chi connectivity index (χ3n) is 6.80. The first-order valence-corrected chi connectivity index (χ1v) is 12.8. The average Bonchev–Trinajstić information content (AvgIpc) is 3.37. The third kappa shape index (κ3) is 5.38. The number of benzene rings is 4. The van der Waals surface area contributed by atoms with E-state index in [2.05, 4.69) is 10.4 Å². The summed E-state index contributed by atoms with van der Waals surface area (Å²) in [5, 5.41) is 18.1. The average molecular weight is 549 g/mol. The Morgan fingerprint density at radius 3 is 2.32 bits per heavy atom. The Bertz CT molecular complexity index is 1930. The van der Waals surface area contributed by atoms with Crippen molar-refractivity contribution < 1.29 is 23.5 Å². The van der Waals surface area contributed by atoms with E-state index in [1.807, 2.05) is 36.4 Å². The summed E-state index contributed by atoms with van der Waals surface area (Å²) in [5.41, 5.74) is 3.97. The minimum Gasteiger partial charge on any atom is -0.478 e. The summed E-state index contributed by atoms with van der Waals surface area (Å²) in [4.78, 5) is 29.5. The van der Waals surface area contributed by atoms with Crippen molar-refractivity contribution in [2.24, 2.45) is 0 Å². The molecule has 7 nitrogen and oxygen atoms in total. The van der Waals surface area contributed by atoms with Crippen molar-refractivity contribution in [3.8, 4) is 11.1 Å². The predicted molar refractivity (Wildman–Crippen MR) is 151 cm³/mol. The van der Waals surface area contributed by atoms with Gasteiger partial charge in [-0.25, -0.2) is 13.6 Å².